The SMILES string of the molecule is CC(=O)OCc1c(-c2cc(Nc3ccc(C(C)(C)N)cn3)c(=O)n(C)c2)cccc1-n1ncc2cc(C(C)(C)C)cc(F)c2c1=O. The maximum Gasteiger partial charge on any atom is 0.302 e. The average Bonchev–Trinajstić information content (AvgIpc) is 2.97. The van der Waals surface area contributed by atoms with Gasteiger partial charge in [0.2, 0.25) is 0 Å². The number of hydrogen-bond donors (Lipinski definition) is 2. The Morgan fingerprint density at radius 1 is 1.00 bits per heavy atom. The average molecular weight is 625 g/mol. The van der Waals surface area contributed by atoms with Gasteiger partial charge in [0, 0.05) is 48.4 Å². The number of pyridine rings is 2. The third-order valence-electron chi connectivity index (χ3n) is 7.77. The third kappa shape index (κ3) is 6.45. The van der Waals surface area contributed by atoms with Crippen LogP contribution in [0.15, 0.2) is 76.7 Å². The highest BCUT2D eigenvalue weighted by atomic mass is 19.1. The van der Waals surface area contributed by atoms with Crippen LogP contribution >= 0.6 is 0 Å². The third-order valence-corrected chi connectivity index (χ3v) is 7.77. The molecule has 5 aromatic rings. The topological polar surface area (TPSA) is 134 Å². The number of hydrogen-bond acceptors (Lipinski definition) is 8. The van der Waals surface area contributed by atoms with E-state index in [4.69, 9.17) is 10.5 Å². The van der Waals surface area contributed by atoms with E-state index < -0.39 is 22.9 Å². The molecule has 0 saturated heterocycles. The van der Waals surface area contributed by atoms with Crippen molar-refractivity contribution in [3.63, 3.8) is 0 Å². The fraction of sp³-hybridized carbons (Fsp3) is 0.286. The van der Waals surface area contributed by atoms with Gasteiger partial charge in [0.05, 0.1) is 17.3 Å². The Kier molecular flexibility index (Phi) is 8.39. The number of carbonyl (C=O) groups excluding carboxylic acids is 1. The van der Waals surface area contributed by atoms with Crippen LogP contribution < -0.4 is 22.2 Å². The molecule has 0 unspecified atom stereocenters. The van der Waals surface area contributed by atoms with Crippen LogP contribution in [0.25, 0.3) is 27.6 Å². The van der Waals surface area contributed by atoms with Crippen LogP contribution in [0.2, 0.25) is 0 Å². The lowest BCUT2D eigenvalue weighted by Crippen LogP contribution is -2.28. The van der Waals surface area contributed by atoms with E-state index in [-0.39, 0.29) is 28.7 Å². The largest absolute Gasteiger partial charge is 0.461 e. The summed E-state index contributed by atoms with van der Waals surface area (Å²) in [6.45, 7) is 10.7. The molecule has 11 heteroatoms. The van der Waals surface area contributed by atoms with Crippen molar-refractivity contribution in [2.45, 2.75) is 59.1 Å². The van der Waals surface area contributed by atoms with Crippen LogP contribution in [0.5, 0.6) is 0 Å². The van der Waals surface area contributed by atoms with Gasteiger partial charge in [-0.2, -0.15) is 9.78 Å². The van der Waals surface area contributed by atoms with Gasteiger partial charge in [-0.1, -0.05) is 39.0 Å². The Morgan fingerprint density at radius 3 is 2.37 bits per heavy atom. The van der Waals surface area contributed by atoms with Crippen molar-refractivity contribution in [2.24, 2.45) is 12.8 Å². The number of carbonyl (C=O) groups is 1. The highest BCUT2D eigenvalue weighted by molar-refractivity contribution is 5.83. The molecule has 10 nitrogen and oxygen atoms in total. The highest BCUT2D eigenvalue weighted by Crippen LogP contribution is 2.31. The number of halogens is 1. The molecule has 0 atom stereocenters. The number of fused-ring (bicyclic) bond motifs is 1. The van der Waals surface area contributed by atoms with Crippen molar-refractivity contribution < 1.29 is 13.9 Å². The quantitative estimate of drug-likeness (QED) is 0.224. The predicted octanol–water partition coefficient (Wildman–Crippen LogP) is 5.58. The number of aromatic nitrogens is 4. The minimum absolute atomic E-state index is 0.100. The Morgan fingerprint density at radius 2 is 1.74 bits per heavy atom. The number of nitrogens with zero attached hydrogens (tertiary/aromatic N) is 4. The maximum absolute atomic E-state index is 15.5. The van der Waals surface area contributed by atoms with Crippen molar-refractivity contribution >= 4 is 28.2 Å². The fourth-order valence-corrected chi connectivity index (χ4v) is 5.14. The number of nitrogens with one attached hydrogen (secondary N) is 1. The number of esters is 1. The van der Waals surface area contributed by atoms with Crippen LogP contribution in [-0.2, 0) is 34.1 Å². The standard InChI is InChI=1S/C35H37FN6O4/c1-20(43)46-19-26-25(22-14-28(32(44)41(7)18-22)40-30-12-11-23(17-38-30)35(5,6)37)9-8-10-29(26)42-33(45)31-21(16-39-42)13-24(15-27(31)36)34(2,3)4/h8-18H,19,37H2,1-7H3,(H,38,40). The highest BCUT2D eigenvalue weighted by Gasteiger charge is 2.22. The summed E-state index contributed by atoms with van der Waals surface area (Å²) in [5.41, 5.74) is 8.02. The minimum Gasteiger partial charge on any atom is -0.461 e. The summed E-state index contributed by atoms with van der Waals surface area (Å²) in [6, 6.07) is 13.5. The summed E-state index contributed by atoms with van der Waals surface area (Å²) in [6.07, 6.45) is 4.75. The van der Waals surface area contributed by atoms with Crippen LogP contribution in [0.1, 0.15) is 58.2 Å². The fourth-order valence-electron chi connectivity index (χ4n) is 5.14. The predicted molar refractivity (Wildman–Crippen MR) is 177 cm³/mol. The van der Waals surface area contributed by atoms with Gasteiger partial charge in [0.15, 0.2) is 0 Å². The Hall–Kier alpha value is -5.16. The smallest absolute Gasteiger partial charge is 0.302 e. The molecule has 0 bridgehead atoms. The first-order chi connectivity index (χ1) is 21.5. The molecule has 0 spiro atoms. The van der Waals surface area contributed by atoms with E-state index >= 15 is 4.39 Å². The molecule has 0 saturated carbocycles. The van der Waals surface area contributed by atoms with Crippen molar-refractivity contribution in [1.82, 2.24) is 19.3 Å². The van der Waals surface area contributed by atoms with E-state index in [1.165, 1.54) is 23.8 Å². The molecule has 3 N–H and O–H groups in total. The van der Waals surface area contributed by atoms with Gasteiger partial charge in [0.1, 0.15) is 23.9 Å². The number of nitrogens with two attached hydrogens (primary N) is 1. The van der Waals surface area contributed by atoms with Gasteiger partial charge < -0.3 is 20.4 Å². The van der Waals surface area contributed by atoms with Gasteiger partial charge in [-0.15, -0.1) is 0 Å². The summed E-state index contributed by atoms with van der Waals surface area (Å²) in [5.74, 6) is -0.732. The molecule has 238 valence electrons. The number of rotatable bonds is 7. The second kappa shape index (κ2) is 12.0. The van der Waals surface area contributed by atoms with E-state index in [0.29, 0.717) is 33.6 Å². The van der Waals surface area contributed by atoms with E-state index in [0.717, 1.165) is 15.8 Å². The Labute approximate surface area is 265 Å². The van der Waals surface area contributed by atoms with Crippen LogP contribution in [-0.4, -0.2) is 25.3 Å². The van der Waals surface area contributed by atoms with E-state index in [1.807, 2.05) is 40.7 Å². The molecule has 2 aromatic carbocycles. The molecule has 0 radical (unpaired) electrons. The number of ether oxygens (including phenoxy) is 1. The molecule has 3 heterocycles. The lowest BCUT2D eigenvalue weighted by molar-refractivity contribution is -0.142. The van der Waals surface area contributed by atoms with Gasteiger partial charge in [-0.3, -0.25) is 14.4 Å². The maximum atomic E-state index is 15.5. The Bertz CT molecular complexity index is 2090. The van der Waals surface area contributed by atoms with Crippen LogP contribution in [0, 0.1) is 5.82 Å². The molecule has 5 rings (SSSR count). The first kappa shape index (κ1) is 32.2. The zero-order valence-corrected chi connectivity index (χ0v) is 26.9. The minimum atomic E-state index is -0.658. The number of benzene rings is 2. The van der Waals surface area contributed by atoms with E-state index in [9.17, 15) is 14.4 Å². The lowest BCUT2D eigenvalue weighted by Gasteiger charge is -2.20. The molecule has 0 aliphatic rings. The van der Waals surface area contributed by atoms with Crippen molar-refractivity contribution in [1.29, 1.82) is 0 Å². The van der Waals surface area contributed by atoms with Crippen molar-refractivity contribution in [3.05, 3.63) is 110 Å². The van der Waals surface area contributed by atoms with Crippen LogP contribution in [0.3, 0.4) is 0 Å². The van der Waals surface area contributed by atoms with E-state index in [2.05, 4.69) is 15.4 Å². The summed E-state index contributed by atoms with van der Waals surface area (Å²) in [4.78, 5) is 43.3. The molecular formula is C35H37FN6O4. The molecule has 0 aliphatic carbocycles. The molecule has 0 amide bonds. The summed E-state index contributed by atoms with van der Waals surface area (Å²) >= 11 is 0. The number of aryl methyl sites for hydroxylation is 1. The normalized spacial score (nSPS) is 11.9. The Balaban J connectivity index is 1.65. The van der Waals surface area contributed by atoms with Gasteiger partial charge in [0.25, 0.3) is 11.1 Å². The molecule has 0 aliphatic heterocycles. The van der Waals surface area contributed by atoms with E-state index in [1.54, 1.807) is 55.8 Å². The zero-order valence-electron chi connectivity index (χ0n) is 26.9. The van der Waals surface area contributed by atoms with Gasteiger partial charge in [-0.25, -0.2) is 9.37 Å². The van der Waals surface area contributed by atoms with Gasteiger partial charge >= 0.3 is 5.97 Å². The monoisotopic (exact) mass is 624 g/mol. The summed E-state index contributed by atoms with van der Waals surface area (Å²) in [5, 5.41) is 7.78. The van der Waals surface area contributed by atoms with Crippen LogP contribution in [0.4, 0.5) is 15.9 Å². The molecule has 46 heavy (non-hydrogen) atoms. The summed E-state index contributed by atoms with van der Waals surface area (Å²) in [7, 11) is 1.62. The summed E-state index contributed by atoms with van der Waals surface area (Å²) < 4.78 is 23.4. The number of anilines is 2. The van der Waals surface area contributed by atoms with Crippen molar-refractivity contribution in [3.8, 4) is 16.8 Å². The molecular weight excluding hydrogens is 587 g/mol. The lowest BCUT2D eigenvalue weighted by atomic mass is 9.86. The van der Waals surface area contributed by atoms with Gasteiger partial charge in [-0.05, 0) is 66.3 Å². The first-order valence-corrected chi connectivity index (χ1v) is 14.8. The molecule has 3 aromatic heterocycles. The van der Waals surface area contributed by atoms with Crippen molar-refractivity contribution in [2.75, 3.05) is 5.32 Å². The first-order valence-electron chi connectivity index (χ1n) is 14.8. The second-order valence-electron chi connectivity index (χ2n) is 13.0. The molecule has 0 fully saturated rings. The second-order valence-corrected chi connectivity index (χ2v) is 13.0. The zero-order chi connectivity index (χ0) is 33.6.